The first-order chi connectivity index (χ1) is 9.80. The van der Waals surface area contributed by atoms with Gasteiger partial charge in [-0.1, -0.05) is 31.2 Å². The van der Waals surface area contributed by atoms with Crippen LogP contribution in [0.1, 0.15) is 38.8 Å². The number of aryl methyl sites for hydroxylation is 1. The van der Waals surface area contributed by atoms with E-state index in [2.05, 4.69) is 17.6 Å². The molecule has 0 unspecified atom stereocenters. The lowest BCUT2D eigenvalue weighted by atomic mass is 10.1. The van der Waals surface area contributed by atoms with Crippen LogP contribution in [0, 0.1) is 0 Å². The van der Waals surface area contributed by atoms with Crippen LogP contribution >= 0.6 is 0 Å². The van der Waals surface area contributed by atoms with Gasteiger partial charge in [-0.3, -0.25) is 9.59 Å². The Balaban J connectivity index is 2.42. The molecule has 1 rings (SSSR count). The van der Waals surface area contributed by atoms with Gasteiger partial charge in [0.05, 0.1) is 6.54 Å². The maximum absolute atomic E-state index is 11.6. The second-order valence-corrected chi connectivity index (χ2v) is 5.94. The van der Waals surface area contributed by atoms with E-state index in [1.165, 1.54) is 11.6 Å². The Bertz CT molecular complexity index is 511. The van der Waals surface area contributed by atoms with Crippen molar-refractivity contribution in [2.24, 2.45) is 0 Å². The van der Waals surface area contributed by atoms with E-state index in [0.717, 1.165) is 12.0 Å². The lowest BCUT2D eigenvalue weighted by Crippen LogP contribution is -2.45. The first kappa shape index (κ1) is 17.0. The highest BCUT2D eigenvalue weighted by Crippen LogP contribution is 2.06. The Labute approximate surface area is 126 Å². The third kappa shape index (κ3) is 7.30. The second-order valence-electron chi connectivity index (χ2n) is 5.94. The van der Waals surface area contributed by atoms with Crippen LogP contribution in [-0.4, -0.2) is 23.9 Å². The van der Waals surface area contributed by atoms with Gasteiger partial charge in [-0.05, 0) is 44.4 Å². The molecule has 21 heavy (non-hydrogen) atoms. The van der Waals surface area contributed by atoms with Crippen molar-refractivity contribution in [3.05, 3.63) is 41.5 Å². The largest absolute Gasteiger partial charge is 0.350 e. The topological polar surface area (TPSA) is 58.2 Å². The summed E-state index contributed by atoms with van der Waals surface area (Å²) in [5.41, 5.74) is 1.93. The molecule has 1 aromatic rings. The summed E-state index contributed by atoms with van der Waals surface area (Å²) in [5.74, 6) is -0.477. The van der Waals surface area contributed by atoms with E-state index in [4.69, 9.17) is 0 Å². The smallest absolute Gasteiger partial charge is 0.244 e. The number of hydrogen-bond acceptors (Lipinski definition) is 2. The summed E-state index contributed by atoms with van der Waals surface area (Å²) in [7, 11) is 0. The molecule has 0 spiro atoms. The molecule has 0 radical (unpaired) electrons. The normalized spacial score (nSPS) is 11.4. The lowest BCUT2D eigenvalue weighted by Gasteiger charge is -2.20. The summed E-state index contributed by atoms with van der Waals surface area (Å²) in [4.78, 5) is 23.2. The average molecular weight is 288 g/mol. The van der Waals surface area contributed by atoms with Gasteiger partial charge in [0, 0.05) is 11.6 Å². The van der Waals surface area contributed by atoms with Gasteiger partial charge in [0.2, 0.25) is 11.8 Å². The Morgan fingerprint density at radius 2 is 1.76 bits per heavy atom. The van der Waals surface area contributed by atoms with Crippen LogP contribution in [0.3, 0.4) is 0 Å². The monoisotopic (exact) mass is 288 g/mol. The zero-order chi connectivity index (χ0) is 15.9. The molecule has 2 amide bonds. The molecular formula is C17H24N2O2. The fourth-order valence-electron chi connectivity index (χ4n) is 1.73. The Morgan fingerprint density at radius 3 is 2.29 bits per heavy atom. The Morgan fingerprint density at radius 1 is 1.14 bits per heavy atom. The molecule has 2 N–H and O–H groups in total. The molecular weight excluding hydrogens is 264 g/mol. The third-order valence-electron chi connectivity index (χ3n) is 2.75. The van der Waals surface area contributed by atoms with Gasteiger partial charge in [0.1, 0.15) is 0 Å². The van der Waals surface area contributed by atoms with Crippen molar-refractivity contribution in [2.45, 2.75) is 39.7 Å². The van der Waals surface area contributed by atoms with E-state index < -0.39 is 0 Å². The summed E-state index contributed by atoms with van der Waals surface area (Å²) in [6.07, 6.45) is 4.16. The van der Waals surface area contributed by atoms with Crippen molar-refractivity contribution in [1.29, 1.82) is 0 Å². The minimum Gasteiger partial charge on any atom is -0.350 e. The Kier molecular flexibility index (Phi) is 6.15. The summed E-state index contributed by atoms with van der Waals surface area (Å²) in [5, 5.41) is 5.34. The van der Waals surface area contributed by atoms with Crippen molar-refractivity contribution in [2.75, 3.05) is 6.54 Å². The number of nitrogens with one attached hydrogen (secondary N) is 2. The van der Waals surface area contributed by atoms with Gasteiger partial charge in [-0.2, -0.15) is 0 Å². The maximum atomic E-state index is 11.6. The van der Waals surface area contributed by atoms with E-state index in [1.807, 2.05) is 45.0 Å². The summed E-state index contributed by atoms with van der Waals surface area (Å²) in [6.45, 7) is 7.77. The quantitative estimate of drug-likeness (QED) is 0.817. The third-order valence-corrected chi connectivity index (χ3v) is 2.75. The predicted molar refractivity (Wildman–Crippen MR) is 85.8 cm³/mol. The standard InChI is InChI=1S/C17H24N2O2/c1-5-13-6-8-14(9-7-13)10-11-15(20)18-12-16(21)19-17(2,3)4/h6-11H,5,12H2,1-4H3,(H,18,20)(H,19,21). The molecule has 4 nitrogen and oxygen atoms in total. The SMILES string of the molecule is CCc1ccc(C=CC(=O)NCC(=O)NC(C)(C)C)cc1. The molecule has 0 atom stereocenters. The maximum Gasteiger partial charge on any atom is 0.244 e. The van der Waals surface area contributed by atoms with Crippen LogP contribution in [0.15, 0.2) is 30.3 Å². The number of amides is 2. The van der Waals surface area contributed by atoms with Crippen molar-refractivity contribution < 1.29 is 9.59 Å². The molecule has 114 valence electrons. The Hall–Kier alpha value is -2.10. The first-order valence-corrected chi connectivity index (χ1v) is 7.16. The van der Waals surface area contributed by atoms with Crippen molar-refractivity contribution >= 4 is 17.9 Å². The zero-order valence-corrected chi connectivity index (χ0v) is 13.2. The molecule has 4 heteroatoms. The number of rotatable bonds is 5. The van der Waals surface area contributed by atoms with Crippen LogP contribution in [0.5, 0.6) is 0 Å². The number of benzene rings is 1. The minimum atomic E-state index is -0.293. The van der Waals surface area contributed by atoms with Crippen LogP contribution in [0.2, 0.25) is 0 Å². The van der Waals surface area contributed by atoms with Crippen LogP contribution < -0.4 is 10.6 Å². The van der Waals surface area contributed by atoms with E-state index in [0.29, 0.717) is 0 Å². The van der Waals surface area contributed by atoms with Crippen LogP contribution in [0.4, 0.5) is 0 Å². The number of carbonyl (C=O) groups excluding carboxylic acids is 2. The molecule has 0 aliphatic rings. The van der Waals surface area contributed by atoms with E-state index in [1.54, 1.807) is 6.08 Å². The van der Waals surface area contributed by atoms with Crippen LogP contribution in [-0.2, 0) is 16.0 Å². The van der Waals surface area contributed by atoms with Crippen molar-refractivity contribution in [3.63, 3.8) is 0 Å². The predicted octanol–water partition coefficient (Wildman–Crippen LogP) is 2.29. The first-order valence-electron chi connectivity index (χ1n) is 7.16. The molecule has 0 saturated heterocycles. The van der Waals surface area contributed by atoms with E-state index in [-0.39, 0.29) is 23.9 Å². The van der Waals surface area contributed by atoms with Gasteiger partial charge in [0.25, 0.3) is 0 Å². The average Bonchev–Trinajstić information content (AvgIpc) is 2.41. The van der Waals surface area contributed by atoms with E-state index >= 15 is 0 Å². The van der Waals surface area contributed by atoms with Gasteiger partial charge in [-0.25, -0.2) is 0 Å². The summed E-state index contributed by atoms with van der Waals surface area (Å²) >= 11 is 0. The fourth-order valence-corrected chi connectivity index (χ4v) is 1.73. The fraction of sp³-hybridized carbons (Fsp3) is 0.412. The van der Waals surface area contributed by atoms with E-state index in [9.17, 15) is 9.59 Å². The molecule has 0 bridgehead atoms. The van der Waals surface area contributed by atoms with Crippen LogP contribution in [0.25, 0.3) is 6.08 Å². The summed E-state index contributed by atoms with van der Waals surface area (Å²) < 4.78 is 0. The molecule has 0 aliphatic carbocycles. The highest BCUT2D eigenvalue weighted by Gasteiger charge is 2.13. The van der Waals surface area contributed by atoms with Gasteiger partial charge < -0.3 is 10.6 Å². The van der Waals surface area contributed by atoms with Crippen molar-refractivity contribution in [3.8, 4) is 0 Å². The molecule has 0 aliphatic heterocycles. The zero-order valence-electron chi connectivity index (χ0n) is 13.2. The molecule has 0 fully saturated rings. The highest BCUT2D eigenvalue weighted by molar-refractivity contribution is 5.94. The molecule has 0 saturated carbocycles. The number of carbonyl (C=O) groups is 2. The molecule has 0 heterocycles. The lowest BCUT2D eigenvalue weighted by molar-refractivity contribution is -0.124. The molecule has 0 aromatic heterocycles. The number of hydrogen-bond donors (Lipinski definition) is 2. The molecule has 1 aromatic carbocycles. The highest BCUT2D eigenvalue weighted by atomic mass is 16.2. The summed E-state index contributed by atoms with van der Waals surface area (Å²) in [6, 6.07) is 8.01. The minimum absolute atomic E-state index is 0.0186. The van der Waals surface area contributed by atoms with Crippen molar-refractivity contribution in [1.82, 2.24) is 10.6 Å². The van der Waals surface area contributed by atoms with Gasteiger partial charge in [0.15, 0.2) is 0 Å². The van der Waals surface area contributed by atoms with Gasteiger partial charge >= 0.3 is 0 Å². The second kappa shape index (κ2) is 7.62. The van der Waals surface area contributed by atoms with Gasteiger partial charge in [-0.15, -0.1) is 0 Å².